The van der Waals surface area contributed by atoms with Gasteiger partial charge in [-0.05, 0) is 46.9 Å². The Bertz CT molecular complexity index is 574. The average Bonchev–Trinajstić information content (AvgIpc) is 2.41. The summed E-state index contributed by atoms with van der Waals surface area (Å²) in [6.07, 6.45) is 5.23. The molecule has 0 spiro atoms. The van der Waals surface area contributed by atoms with Crippen molar-refractivity contribution < 1.29 is 4.74 Å². The highest BCUT2D eigenvalue weighted by atomic mass is 16.5. The number of ether oxygens (including phenoxy) is 1. The zero-order chi connectivity index (χ0) is 13.2. The van der Waals surface area contributed by atoms with E-state index in [1.54, 1.807) is 7.11 Å². The van der Waals surface area contributed by atoms with Crippen LogP contribution in [0.5, 0.6) is 5.75 Å². The molecule has 1 aliphatic rings. The summed E-state index contributed by atoms with van der Waals surface area (Å²) < 4.78 is 5.25. The number of hydrogen-bond donors (Lipinski definition) is 1. The molecule has 2 heteroatoms. The van der Waals surface area contributed by atoms with Gasteiger partial charge >= 0.3 is 0 Å². The molecule has 0 bridgehead atoms. The SMILES string of the molecule is COc1ccc2cc(C(N)CC3CCC3)ccc2c1. The van der Waals surface area contributed by atoms with Crippen LogP contribution in [0.25, 0.3) is 10.8 Å². The monoisotopic (exact) mass is 255 g/mol. The molecule has 2 aromatic rings. The fourth-order valence-corrected chi connectivity index (χ4v) is 2.82. The quantitative estimate of drug-likeness (QED) is 0.895. The second-order valence-corrected chi connectivity index (χ2v) is 5.61. The van der Waals surface area contributed by atoms with Crippen LogP contribution in [0.1, 0.15) is 37.3 Å². The van der Waals surface area contributed by atoms with Gasteiger partial charge in [0, 0.05) is 6.04 Å². The molecular formula is C17H21NO. The van der Waals surface area contributed by atoms with Crippen molar-refractivity contribution in [1.29, 1.82) is 0 Å². The van der Waals surface area contributed by atoms with Gasteiger partial charge in [-0.25, -0.2) is 0 Å². The predicted molar refractivity (Wildman–Crippen MR) is 79.4 cm³/mol. The third-order valence-corrected chi connectivity index (χ3v) is 4.31. The van der Waals surface area contributed by atoms with Crippen molar-refractivity contribution in [2.75, 3.05) is 7.11 Å². The molecule has 19 heavy (non-hydrogen) atoms. The lowest BCUT2D eigenvalue weighted by atomic mass is 9.80. The summed E-state index contributed by atoms with van der Waals surface area (Å²) in [5.41, 5.74) is 7.58. The maximum absolute atomic E-state index is 6.33. The van der Waals surface area contributed by atoms with Gasteiger partial charge in [0.05, 0.1) is 7.11 Å². The van der Waals surface area contributed by atoms with Crippen LogP contribution in [0.4, 0.5) is 0 Å². The molecule has 0 saturated heterocycles. The number of methoxy groups -OCH3 is 1. The van der Waals surface area contributed by atoms with Crippen molar-refractivity contribution in [1.82, 2.24) is 0 Å². The molecule has 0 aliphatic heterocycles. The van der Waals surface area contributed by atoms with Crippen LogP contribution < -0.4 is 10.5 Å². The molecule has 1 aliphatic carbocycles. The molecule has 0 radical (unpaired) electrons. The van der Waals surface area contributed by atoms with Crippen molar-refractivity contribution in [2.45, 2.75) is 31.7 Å². The van der Waals surface area contributed by atoms with E-state index in [0.717, 1.165) is 18.1 Å². The zero-order valence-corrected chi connectivity index (χ0v) is 11.4. The van der Waals surface area contributed by atoms with Crippen molar-refractivity contribution in [3.63, 3.8) is 0 Å². The van der Waals surface area contributed by atoms with Gasteiger partial charge in [-0.15, -0.1) is 0 Å². The van der Waals surface area contributed by atoms with Gasteiger partial charge in [-0.2, -0.15) is 0 Å². The van der Waals surface area contributed by atoms with E-state index in [0.29, 0.717) is 0 Å². The number of fused-ring (bicyclic) bond motifs is 1. The summed E-state index contributed by atoms with van der Waals surface area (Å²) in [5, 5.41) is 2.45. The topological polar surface area (TPSA) is 35.2 Å². The molecule has 1 unspecified atom stereocenters. The minimum Gasteiger partial charge on any atom is -0.497 e. The van der Waals surface area contributed by atoms with Crippen LogP contribution in [-0.2, 0) is 0 Å². The molecule has 0 heterocycles. The van der Waals surface area contributed by atoms with E-state index >= 15 is 0 Å². The van der Waals surface area contributed by atoms with Crippen molar-refractivity contribution in [3.8, 4) is 5.75 Å². The van der Waals surface area contributed by atoms with E-state index < -0.39 is 0 Å². The van der Waals surface area contributed by atoms with Crippen LogP contribution in [0.15, 0.2) is 36.4 Å². The first kappa shape index (κ1) is 12.5. The largest absolute Gasteiger partial charge is 0.497 e. The molecule has 2 N–H and O–H groups in total. The first-order chi connectivity index (χ1) is 9.26. The normalized spacial score (nSPS) is 17.2. The van der Waals surface area contributed by atoms with Crippen LogP contribution in [0, 0.1) is 5.92 Å². The minimum atomic E-state index is 0.178. The first-order valence-corrected chi connectivity index (χ1v) is 7.09. The van der Waals surface area contributed by atoms with Crippen LogP contribution >= 0.6 is 0 Å². The zero-order valence-electron chi connectivity index (χ0n) is 11.4. The van der Waals surface area contributed by atoms with Gasteiger partial charge < -0.3 is 10.5 Å². The van der Waals surface area contributed by atoms with E-state index in [9.17, 15) is 0 Å². The molecule has 1 atom stereocenters. The van der Waals surface area contributed by atoms with Crippen molar-refractivity contribution >= 4 is 10.8 Å². The Balaban J connectivity index is 1.84. The van der Waals surface area contributed by atoms with Gasteiger partial charge in [-0.3, -0.25) is 0 Å². The lowest BCUT2D eigenvalue weighted by Gasteiger charge is -2.28. The molecule has 0 aromatic heterocycles. The van der Waals surface area contributed by atoms with E-state index in [-0.39, 0.29) is 6.04 Å². The predicted octanol–water partition coefficient (Wildman–Crippen LogP) is 4.04. The standard InChI is InChI=1S/C17H21NO/c1-19-16-8-7-13-10-15(6-5-14(13)11-16)17(18)9-12-3-2-4-12/h5-8,10-12,17H,2-4,9,18H2,1H3. The number of hydrogen-bond acceptors (Lipinski definition) is 2. The maximum Gasteiger partial charge on any atom is 0.119 e. The Morgan fingerprint density at radius 3 is 2.58 bits per heavy atom. The van der Waals surface area contributed by atoms with E-state index in [1.807, 2.05) is 6.07 Å². The van der Waals surface area contributed by atoms with Crippen molar-refractivity contribution in [2.24, 2.45) is 11.7 Å². The molecule has 3 rings (SSSR count). The molecular weight excluding hydrogens is 234 g/mol. The molecule has 1 fully saturated rings. The van der Waals surface area contributed by atoms with Crippen LogP contribution in [0.2, 0.25) is 0 Å². The second-order valence-electron chi connectivity index (χ2n) is 5.61. The lowest BCUT2D eigenvalue weighted by Crippen LogP contribution is -2.20. The highest BCUT2D eigenvalue weighted by molar-refractivity contribution is 5.84. The summed E-state index contributed by atoms with van der Waals surface area (Å²) in [4.78, 5) is 0. The highest BCUT2D eigenvalue weighted by Gasteiger charge is 2.21. The fourth-order valence-electron chi connectivity index (χ4n) is 2.82. The fraction of sp³-hybridized carbons (Fsp3) is 0.412. The average molecular weight is 255 g/mol. The van der Waals surface area contributed by atoms with Gasteiger partial charge in [0.2, 0.25) is 0 Å². The number of rotatable bonds is 4. The van der Waals surface area contributed by atoms with E-state index in [4.69, 9.17) is 10.5 Å². The summed E-state index contributed by atoms with van der Waals surface area (Å²) in [6.45, 7) is 0. The van der Waals surface area contributed by atoms with Gasteiger partial charge in [-0.1, -0.05) is 37.5 Å². The molecule has 100 valence electrons. The van der Waals surface area contributed by atoms with Crippen LogP contribution in [-0.4, -0.2) is 7.11 Å². The van der Waals surface area contributed by atoms with Crippen LogP contribution in [0.3, 0.4) is 0 Å². The Morgan fingerprint density at radius 1 is 1.16 bits per heavy atom. The smallest absolute Gasteiger partial charge is 0.119 e. The summed E-state index contributed by atoms with van der Waals surface area (Å²) in [5.74, 6) is 1.75. The second kappa shape index (κ2) is 5.22. The summed E-state index contributed by atoms with van der Waals surface area (Å²) in [6, 6.07) is 12.9. The highest BCUT2D eigenvalue weighted by Crippen LogP contribution is 2.34. The van der Waals surface area contributed by atoms with E-state index in [1.165, 1.54) is 35.6 Å². The third-order valence-electron chi connectivity index (χ3n) is 4.31. The van der Waals surface area contributed by atoms with Gasteiger partial charge in [0.15, 0.2) is 0 Å². The summed E-state index contributed by atoms with van der Waals surface area (Å²) >= 11 is 0. The van der Waals surface area contributed by atoms with Gasteiger partial charge in [0.1, 0.15) is 5.75 Å². The Kier molecular flexibility index (Phi) is 3.43. The number of benzene rings is 2. The number of nitrogens with two attached hydrogens (primary N) is 1. The molecule has 2 aromatic carbocycles. The van der Waals surface area contributed by atoms with Crippen molar-refractivity contribution in [3.05, 3.63) is 42.0 Å². The van der Waals surface area contributed by atoms with Gasteiger partial charge in [0.25, 0.3) is 0 Å². The molecule has 2 nitrogen and oxygen atoms in total. The third kappa shape index (κ3) is 2.59. The first-order valence-electron chi connectivity index (χ1n) is 7.09. The Morgan fingerprint density at radius 2 is 1.89 bits per heavy atom. The lowest BCUT2D eigenvalue weighted by molar-refractivity contribution is 0.277. The molecule has 1 saturated carbocycles. The minimum absolute atomic E-state index is 0.178. The maximum atomic E-state index is 6.33. The molecule has 0 amide bonds. The Labute approximate surface area is 114 Å². The van der Waals surface area contributed by atoms with E-state index in [2.05, 4.69) is 30.3 Å². The summed E-state index contributed by atoms with van der Waals surface area (Å²) in [7, 11) is 1.70. The Hall–Kier alpha value is -1.54.